The van der Waals surface area contributed by atoms with Crippen LogP contribution in [0.2, 0.25) is 0 Å². The summed E-state index contributed by atoms with van der Waals surface area (Å²) in [4.78, 5) is 18.9. The van der Waals surface area contributed by atoms with E-state index < -0.39 is 0 Å². The van der Waals surface area contributed by atoms with Crippen molar-refractivity contribution in [1.29, 1.82) is 0 Å². The van der Waals surface area contributed by atoms with E-state index in [9.17, 15) is 4.79 Å². The normalized spacial score (nSPS) is 12.8. The Kier molecular flexibility index (Phi) is 5.40. The van der Waals surface area contributed by atoms with Gasteiger partial charge < -0.3 is 9.72 Å². The molecule has 0 fully saturated rings. The first-order chi connectivity index (χ1) is 7.63. The lowest BCUT2D eigenvalue weighted by Crippen LogP contribution is -2.20. The minimum absolute atomic E-state index is 0.0689. The van der Waals surface area contributed by atoms with Crippen molar-refractivity contribution in [3.8, 4) is 0 Å². The van der Waals surface area contributed by atoms with E-state index in [0.29, 0.717) is 9.39 Å². The van der Waals surface area contributed by atoms with E-state index in [-0.39, 0.29) is 11.7 Å². The van der Waals surface area contributed by atoms with Crippen molar-refractivity contribution in [2.75, 3.05) is 7.11 Å². The fraction of sp³-hybridized carbons (Fsp3) is 0.636. The largest absolute Gasteiger partial charge is 0.374 e. The molecule has 0 spiro atoms. The predicted molar refractivity (Wildman–Crippen MR) is 71.6 cm³/mol. The molecule has 4 nitrogen and oxygen atoms in total. The zero-order valence-corrected chi connectivity index (χ0v) is 12.0. The molecular weight excluding hydrogens is 319 g/mol. The topological polar surface area (TPSA) is 55.0 Å². The average molecular weight is 336 g/mol. The lowest BCUT2D eigenvalue weighted by molar-refractivity contribution is 0.0871. The Hall–Kier alpha value is -0.430. The van der Waals surface area contributed by atoms with E-state index in [1.807, 2.05) is 29.5 Å². The fourth-order valence-corrected chi connectivity index (χ4v) is 2.18. The highest BCUT2D eigenvalue weighted by atomic mass is 127. The molecule has 0 aliphatic rings. The van der Waals surface area contributed by atoms with Crippen LogP contribution in [0, 0.1) is 3.57 Å². The number of H-pyrrole nitrogens is 1. The number of hydrogen-bond donors (Lipinski definition) is 1. The van der Waals surface area contributed by atoms with Crippen LogP contribution in [0.15, 0.2) is 4.79 Å². The van der Waals surface area contributed by atoms with E-state index >= 15 is 0 Å². The number of nitrogens with one attached hydrogen (secondary N) is 1. The smallest absolute Gasteiger partial charge is 0.264 e. The highest BCUT2D eigenvalue weighted by Gasteiger charge is 2.15. The zero-order valence-electron chi connectivity index (χ0n) is 9.84. The van der Waals surface area contributed by atoms with Crippen molar-refractivity contribution in [2.24, 2.45) is 0 Å². The van der Waals surface area contributed by atoms with Crippen molar-refractivity contribution < 1.29 is 4.74 Å². The van der Waals surface area contributed by atoms with Crippen LogP contribution in [-0.4, -0.2) is 17.1 Å². The Bertz CT molecular complexity index is 403. The molecule has 1 rings (SSSR count). The molecule has 1 atom stereocenters. The van der Waals surface area contributed by atoms with Gasteiger partial charge >= 0.3 is 0 Å². The molecule has 90 valence electrons. The maximum absolute atomic E-state index is 11.7. The zero-order chi connectivity index (χ0) is 12.1. The van der Waals surface area contributed by atoms with Crippen molar-refractivity contribution in [1.82, 2.24) is 9.97 Å². The highest BCUT2D eigenvalue weighted by Crippen LogP contribution is 2.18. The average Bonchev–Trinajstić information content (AvgIpc) is 2.29. The van der Waals surface area contributed by atoms with Gasteiger partial charge in [0.2, 0.25) is 0 Å². The van der Waals surface area contributed by atoms with Crippen LogP contribution in [0.1, 0.15) is 44.3 Å². The first kappa shape index (κ1) is 13.6. The number of halogens is 1. The summed E-state index contributed by atoms with van der Waals surface area (Å²) in [7, 11) is 1.64. The fourth-order valence-electron chi connectivity index (χ4n) is 1.54. The summed E-state index contributed by atoms with van der Waals surface area (Å²) >= 11 is 2.03. The molecule has 0 aromatic carbocycles. The van der Waals surface area contributed by atoms with Gasteiger partial charge in [0, 0.05) is 7.11 Å². The molecule has 1 heterocycles. The summed E-state index contributed by atoms with van der Waals surface area (Å²) in [6.07, 6.45) is 2.51. The number of hydrogen-bond acceptors (Lipinski definition) is 3. The Morgan fingerprint density at radius 1 is 1.50 bits per heavy atom. The third kappa shape index (κ3) is 3.04. The SMILES string of the molecule is CCCC(OC)c1nc(CC)c(I)c(=O)[nH]1. The second-order valence-corrected chi connectivity index (χ2v) is 4.66. The quantitative estimate of drug-likeness (QED) is 0.841. The molecule has 1 aromatic heterocycles. The van der Waals surface area contributed by atoms with Crippen LogP contribution < -0.4 is 5.56 Å². The standard InChI is InChI=1S/C11H17IN2O2/c1-4-6-8(16-3)10-13-7(5-2)9(12)11(15)14-10/h8H,4-6H2,1-3H3,(H,13,14,15). The Balaban J connectivity index is 3.14. The molecule has 0 aliphatic carbocycles. The predicted octanol–water partition coefficient (Wildman–Crippen LogP) is 2.42. The summed E-state index contributed by atoms with van der Waals surface area (Å²) in [6, 6.07) is 0. The second-order valence-electron chi connectivity index (χ2n) is 3.58. The van der Waals surface area contributed by atoms with Gasteiger partial charge in [0.05, 0.1) is 9.26 Å². The van der Waals surface area contributed by atoms with Gasteiger partial charge in [-0.3, -0.25) is 4.79 Å². The first-order valence-corrected chi connectivity index (χ1v) is 6.53. The van der Waals surface area contributed by atoms with Crippen molar-refractivity contribution in [2.45, 2.75) is 39.2 Å². The minimum atomic E-state index is -0.111. The van der Waals surface area contributed by atoms with Gasteiger partial charge in [-0.2, -0.15) is 0 Å². The summed E-state index contributed by atoms with van der Waals surface area (Å²) in [5.41, 5.74) is 0.776. The van der Waals surface area contributed by atoms with Crippen LogP contribution in [0.4, 0.5) is 0 Å². The van der Waals surface area contributed by atoms with Gasteiger partial charge in [-0.1, -0.05) is 20.3 Å². The Labute approximate surface area is 109 Å². The van der Waals surface area contributed by atoms with Gasteiger partial charge in [0.25, 0.3) is 5.56 Å². The second kappa shape index (κ2) is 6.34. The molecular formula is C11H17IN2O2. The maximum Gasteiger partial charge on any atom is 0.264 e. The van der Waals surface area contributed by atoms with E-state index in [4.69, 9.17) is 4.74 Å². The van der Waals surface area contributed by atoms with Crippen LogP contribution in [0.3, 0.4) is 0 Å². The summed E-state index contributed by atoms with van der Waals surface area (Å²) in [5.74, 6) is 0.645. The van der Waals surface area contributed by atoms with Gasteiger partial charge in [-0.25, -0.2) is 4.98 Å². The third-order valence-electron chi connectivity index (χ3n) is 2.42. The summed E-state index contributed by atoms with van der Waals surface area (Å²) in [5, 5.41) is 0. The van der Waals surface area contributed by atoms with E-state index in [0.717, 1.165) is 25.0 Å². The molecule has 5 heteroatoms. The molecule has 0 bridgehead atoms. The molecule has 0 saturated carbocycles. The third-order valence-corrected chi connectivity index (χ3v) is 3.54. The number of rotatable bonds is 5. The summed E-state index contributed by atoms with van der Waals surface area (Å²) in [6.45, 7) is 4.08. The lowest BCUT2D eigenvalue weighted by atomic mass is 10.2. The highest BCUT2D eigenvalue weighted by molar-refractivity contribution is 14.1. The molecule has 0 amide bonds. The number of aromatic nitrogens is 2. The van der Waals surface area contributed by atoms with Gasteiger partial charge in [-0.05, 0) is 35.4 Å². The van der Waals surface area contributed by atoms with E-state index in [2.05, 4.69) is 16.9 Å². The number of ether oxygens (including phenoxy) is 1. The van der Waals surface area contributed by atoms with Crippen molar-refractivity contribution in [3.05, 3.63) is 25.4 Å². The van der Waals surface area contributed by atoms with Crippen molar-refractivity contribution in [3.63, 3.8) is 0 Å². The number of nitrogens with zero attached hydrogens (tertiary/aromatic N) is 1. The monoisotopic (exact) mass is 336 g/mol. The molecule has 0 aliphatic heterocycles. The van der Waals surface area contributed by atoms with Gasteiger partial charge in [0.1, 0.15) is 11.9 Å². The molecule has 16 heavy (non-hydrogen) atoms. The van der Waals surface area contributed by atoms with Crippen molar-refractivity contribution >= 4 is 22.6 Å². The maximum atomic E-state index is 11.7. The number of aryl methyl sites for hydroxylation is 1. The molecule has 1 unspecified atom stereocenters. The minimum Gasteiger partial charge on any atom is -0.374 e. The Morgan fingerprint density at radius 2 is 2.19 bits per heavy atom. The Morgan fingerprint density at radius 3 is 2.69 bits per heavy atom. The van der Waals surface area contributed by atoms with E-state index in [1.165, 1.54) is 0 Å². The van der Waals surface area contributed by atoms with Crippen LogP contribution >= 0.6 is 22.6 Å². The molecule has 0 radical (unpaired) electrons. The van der Waals surface area contributed by atoms with Gasteiger partial charge in [-0.15, -0.1) is 0 Å². The van der Waals surface area contributed by atoms with E-state index in [1.54, 1.807) is 7.11 Å². The molecule has 1 aromatic rings. The van der Waals surface area contributed by atoms with Crippen LogP contribution in [0.25, 0.3) is 0 Å². The lowest BCUT2D eigenvalue weighted by Gasteiger charge is -2.14. The first-order valence-electron chi connectivity index (χ1n) is 5.45. The summed E-state index contributed by atoms with van der Waals surface area (Å²) < 4.78 is 6.01. The molecule has 0 saturated heterocycles. The van der Waals surface area contributed by atoms with Gasteiger partial charge in [0.15, 0.2) is 0 Å². The number of aromatic amines is 1. The number of methoxy groups -OCH3 is 1. The van der Waals surface area contributed by atoms with Crippen LogP contribution in [-0.2, 0) is 11.2 Å². The van der Waals surface area contributed by atoms with Crippen LogP contribution in [0.5, 0.6) is 0 Å². The molecule has 1 N–H and O–H groups in total.